The second kappa shape index (κ2) is 4.65. The number of aryl methyl sites for hydroxylation is 1. The first-order valence-corrected chi connectivity index (χ1v) is 5.66. The van der Waals surface area contributed by atoms with E-state index in [2.05, 4.69) is 22.7 Å². The Morgan fingerprint density at radius 2 is 2.56 bits per heavy atom. The third-order valence-corrected chi connectivity index (χ3v) is 3.03. The molecule has 1 aromatic heterocycles. The fourth-order valence-electron chi connectivity index (χ4n) is 2.03. The lowest BCUT2D eigenvalue weighted by atomic mass is 10.0. The van der Waals surface area contributed by atoms with Crippen LogP contribution in [-0.4, -0.2) is 28.3 Å². The maximum absolute atomic E-state index is 11.8. The molecule has 0 radical (unpaired) electrons. The maximum Gasteiger partial charge on any atom is 0.237 e. The lowest BCUT2D eigenvalue weighted by Gasteiger charge is -2.14. The van der Waals surface area contributed by atoms with Gasteiger partial charge in [-0.1, -0.05) is 6.92 Å². The lowest BCUT2D eigenvalue weighted by Crippen LogP contribution is -2.42. The number of carbonyl (C=O) groups excluding carboxylic acids is 1. The zero-order valence-corrected chi connectivity index (χ0v) is 9.73. The van der Waals surface area contributed by atoms with Gasteiger partial charge in [-0.3, -0.25) is 9.48 Å². The van der Waals surface area contributed by atoms with Crippen molar-refractivity contribution in [1.82, 2.24) is 20.4 Å². The van der Waals surface area contributed by atoms with E-state index in [1.54, 1.807) is 4.68 Å². The number of amides is 1. The summed E-state index contributed by atoms with van der Waals surface area (Å²) in [5.74, 6) is 0.499. The Labute approximate surface area is 95.2 Å². The molecular formula is C11H18N4O. The van der Waals surface area contributed by atoms with E-state index < -0.39 is 0 Å². The summed E-state index contributed by atoms with van der Waals surface area (Å²) in [5.41, 5.74) is 0.890. The van der Waals surface area contributed by atoms with E-state index in [-0.39, 0.29) is 11.9 Å². The minimum atomic E-state index is -0.0382. The number of carbonyl (C=O) groups is 1. The van der Waals surface area contributed by atoms with Crippen LogP contribution in [0, 0.1) is 5.92 Å². The summed E-state index contributed by atoms with van der Waals surface area (Å²) in [7, 11) is 1.87. The summed E-state index contributed by atoms with van der Waals surface area (Å²) < 4.78 is 1.73. The van der Waals surface area contributed by atoms with E-state index in [1.807, 2.05) is 19.3 Å². The molecule has 2 N–H and O–H groups in total. The van der Waals surface area contributed by atoms with Crippen LogP contribution >= 0.6 is 0 Å². The Kier molecular flexibility index (Phi) is 3.24. The molecule has 0 bridgehead atoms. The summed E-state index contributed by atoms with van der Waals surface area (Å²) in [5, 5.41) is 10.3. The fraction of sp³-hybridized carbons (Fsp3) is 0.636. The fourth-order valence-corrected chi connectivity index (χ4v) is 2.03. The van der Waals surface area contributed by atoms with Crippen molar-refractivity contribution in [2.75, 3.05) is 6.54 Å². The number of hydrogen-bond acceptors (Lipinski definition) is 3. The molecule has 0 aliphatic carbocycles. The van der Waals surface area contributed by atoms with Crippen LogP contribution in [0.25, 0.3) is 0 Å². The van der Waals surface area contributed by atoms with Crippen LogP contribution in [0.1, 0.15) is 19.0 Å². The summed E-state index contributed by atoms with van der Waals surface area (Å²) in [6.07, 6.45) is 2.94. The van der Waals surface area contributed by atoms with Gasteiger partial charge in [-0.25, -0.2) is 0 Å². The third-order valence-electron chi connectivity index (χ3n) is 3.03. The Morgan fingerprint density at radius 3 is 3.12 bits per heavy atom. The molecule has 88 valence electrons. The van der Waals surface area contributed by atoms with Crippen molar-refractivity contribution in [3.05, 3.63) is 18.0 Å². The molecule has 1 aliphatic heterocycles. The van der Waals surface area contributed by atoms with Crippen LogP contribution < -0.4 is 10.6 Å². The summed E-state index contributed by atoms with van der Waals surface area (Å²) in [4.78, 5) is 11.8. The number of aromatic nitrogens is 2. The van der Waals surface area contributed by atoms with Gasteiger partial charge in [0.2, 0.25) is 5.91 Å². The van der Waals surface area contributed by atoms with Gasteiger partial charge in [-0.2, -0.15) is 5.10 Å². The molecule has 1 aliphatic rings. The molecule has 0 saturated carbocycles. The van der Waals surface area contributed by atoms with Gasteiger partial charge in [0.1, 0.15) is 0 Å². The molecule has 2 rings (SSSR count). The van der Waals surface area contributed by atoms with E-state index in [4.69, 9.17) is 0 Å². The molecule has 1 amide bonds. The first-order chi connectivity index (χ1) is 7.66. The molecule has 0 spiro atoms. The summed E-state index contributed by atoms with van der Waals surface area (Å²) in [6.45, 7) is 3.54. The smallest absolute Gasteiger partial charge is 0.237 e. The number of nitrogens with zero attached hydrogens (tertiary/aromatic N) is 2. The van der Waals surface area contributed by atoms with Gasteiger partial charge in [0.05, 0.1) is 18.3 Å². The highest BCUT2D eigenvalue weighted by Gasteiger charge is 2.28. The first kappa shape index (κ1) is 11.1. The topological polar surface area (TPSA) is 59.0 Å². The molecule has 2 unspecified atom stereocenters. The minimum Gasteiger partial charge on any atom is -0.349 e. The van der Waals surface area contributed by atoms with Crippen molar-refractivity contribution in [3.63, 3.8) is 0 Å². The molecule has 0 aromatic carbocycles. The molecule has 1 fully saturated rings. The van der Waals surface area contributed by atoms with Gasteiger partial charge in [-0.15, -0.1) is 0 Å². The number of rotatable bonds is 3. The maximum atomic E-state index is 11.8. The normalized spacial score (nSPS) is 24.6. The standard InChI is InChI=1S/C11H18N4O/c1-8-3-5-12-10(8)11(16)13-7-9-4-6-15(2)14-9/h4,6,8,10,12H,3,5,7H2,1-2H3,(H,13,16). The molecule has 5 nitrogen and oxygen atoms in total. The van der Waals surface area contributed by atoms with Crippen LogP contribution in [0.5, 0.6) is 0 Å². The number of nitrogens with one attached hydrogen (secondary N) is 2. The molecule has 5 heteroatoms. The highest BCUT2D eigenvalue weighted by atomic mass is 16.2. The zero-order valence-electron chi connectivity index (χ0n) is 9.73. The Morgan fingerprint density at radius 1 is 1.75 bits per heavy atom. The van der Waals surface area contributed by atoms with Crippen molar-refractivity contribution in [3.8, 4) is 0 Å². The van der Waals surface area contributed by atoms with E-state index in [0.717, 1.165) is 18.7 Å². The van der Waals surface area contributed by atoms with Gasteiger partial charge in [-0.05, 0) is 24.9 Å². The van der Waals surface area contributed by atoms with Crippen LogP contribution in [0.4, 0.5) is 0 Å². The highest BCUT2D eigenvalue weighted by molar-refractivity contribution is 5.82. The van der Waals surface area contributed by atoms with Gasteiger partial charge >= 0.3 is 0 Å². The molecule has 2 atom stereocenters. The molecule has 1 saturated heterocycles. The lowest BCUT2D eigenvalue weighted by molar-refractivity contribution is -0.123. The average molecular weight is 222 g/mol. The van der Waals surface area contributed by atoms with Crippen LogP contribution in [0.2, 0.25) is 0 Å². The average Bonchev–Trinajstić information content (AvgIpc) is 2.84. The van der Waals surface area contributed by atoms with E-state index in [9.17, 15) is 4.79 Å². The van der Waals surface area contributed by atoms with Crippen molar-refractivity contribution in [2.45, 2.75) is 25.9 Å². The second-order valence-corrected chi connectivity index (χ2v) is 4.40. The third kappa shape index (κ3) is 2.41. The largest absolute Gasteiger partial charge is 0.349 e. The van der Waals surface area contributed by atoms with Gasteiger partial charge in [0.25, 0.3) is 0 Å². The first-order valence-electron chi connectivity index (χ1n) is 5.66. The van der Waals surface area contributed by atoms with Crippen molar-refractivity contribution in [2.24, 2.45) is 13.0 Å². The predicted molar refractivity (Wildman–Crippen MR) is 60.6 cm³/mol. The van der Waals surface area contributed by atoms with Crippen molar-refractivity contribution < 1.29 is 4.79 Å². The minimum absolute atomic E-state index is 0.0382. The van der Waals surface area contributed by atoms with Gasteiger partial charge < -0.3 is 10.6 Å². The molecule has 2 heterocycles. The highest BCUT2D eigenvalue weighted by Crippen LogP contribution is 2.14. The molecular weight excluding hydrogens is 204 g/mol. The van der Waals surface area contributed by atoms with Crippen molar-refractivity contribution in [1.29, 1.82) is 0 Å². The number of hydrogen-bond donors (Lipinski definition) is 2. The van der Waals surface area contributed by atoms with E-state index >= 15 is 0 Å². The summed E-state index contributed by atoms with van der Waals surface area (Å²) >= 11 is 0. The summed E-state index contributed by atoms with van der Waals surface area (Å²) in [6, 6.07) is 1.87. The second-order valence-electron chi connectivity index (χ2n) is 4.40. The quantitative estimate of drug-likeness (QED) is 0.759. The molecule has 16 heavy (non-hydrogen) atoms. The predicted octanol–water partition coefficient (Wildman–Crippen LogP) is 0.0343. The monoisotopic (exact) mass is 222 g/mol. The van der Waals surface area contributed by atoms with Gasteiger partial charge in [0.15, 0.2) is 0 Å². The van der Waals surface area contributed by atoms with E-state index in [1.165, 1.54) is 0 Å². The van der Waals surface area contributed by atoms with Gasteiger partial charge in [0, 0.05) is 13.2 Å². The Hall–Kier alpha value is -1.36. The van der Waals surface area contributed by atoms with E-state index in [0.29, 0.717) is 12.5 Å². The Bertz CT molecular complexity index is 374. The van der Waals surface area contributed by atoms with Crippen LogP contribution in [-0.2, 0) is 18.4 Å². The SMILES string of the molecule is CC1CCNC1C(=O)NCc1ccn(C)n1. The Balaban J connectivity index is 1.83. The zero-order chi connectivity index (χ0) is 11.5. The van der Waals surface area contributed by atoms with Crippen LogP contribution in [0.3, 0.4) is 0 Å². The van der Waals surface area contributed by atoms with Crippen LogP contribution in [0.15, 0.2) is 12.3 Å². The molecule has 1 aromatic rings. The van der Waals surface area contributed by atoms with Crippen molar-refractivity contribution >= 4 is 5.91 Å².